The molecule has 0 saturated carbocycles. The Balaban J connectivity index is 1.96. The van der Waals surface area contributed by atoms with Gasteiger partial charge in [0, 0.05) is 4.88 Å². The average molecular weight is 263 g/mol. The first-order valence-corrected chi connectivity index (χ1v) is 7.18. The van der Waals surface area contributed by atoms with E-state index in [0.717, 1.165) is 36.3 Å². The monoisotopic (exact) mass is 263 g/mol. The Morgan fingerprint density at radius 2 is 2.39 bits per heavy atom. The van der Waals surface area contributed by atoms with Crippen molar-refractivity contribution in [3.63, 3.8) is 0 Å². The van der Waals surface area contributed by atoms with Gasteiger partial charge in [0.05, 0.1) is 5.71 Å². The first-order valence-electron chi connectivity index (χ1n) is 6.30. The zero-order chi connectivity index (χ0) is 12.8. The molecule has 3 nitrogen and oxygen atoms in total. The normalized spacial score (nSPS) is 19.3. The molecule has 18 heavy (non-hydrogen) atoms. The van der Waals surface area contributed by atoms with Crippen LogP contribution in [0.25, 0.3) is 6.08 Å². The van der Waals surface area contributed by atoms with Crippen molar-refractivity contribution in [3.8, 4) is 0 Å². The van der Waals surface area contributed by atoms with E-state index in [1.54, 1.807) is 11.3 Å². The van der Waals surface area contributed by atoms with Crippen molar-refractivity contribution >= 4 is 29.1 Å². The molecule has 1 aliphatic rings. The van der Waals surface area contributed by atoms with Gasteiger partial charge in [-0.25, -0.2) is 4.79 Å². The van der Waals surface area contributed by atoms with E-state index < -0.39 is 0 Å². The van der Waals surface area contributed by atoms with Crippen LogP contribution in [-0.4, -0.2) is 11.7 Å². The van der Waals surface area contributed by atoms with E-state index in [9.17, 15) is 4.79 Å². The highest BCUT2D eigenvalue weighted by atomic mass is 32.1. The number of hydrogen-bond donors (Lipinski definition) is 0. The molecule has 0 saturated heterocycles. The fraction of sp³-hybridized carbons (Fsp3) is 0.429. The quantitative estimate of drug-likeness (QED) is 0.577. The first kappa shape index (κ1) is 13.0. The second-order valence-electron chi connectivity index (χ2n) is 4.30. The Labute approximate surface area is 111 Å². The van der Waals surface area contributed by atoms with Crippen LogP contribution < -0.4 is 0 Å². The van der Waals surface area contributed by atoms with Crippen LogP contribution in [0.3, 0.4) is 0 Å². The van der Waals surface area contributed by atoms with Gasteiger partial charge in [-0.1, -0.05) is 37.1 Å². The first-order chi connectivity index (χ1) is 8.81. The maximum Gasteiger partial charge on any atom is 0.347 e. The van der Waals surface area contributed by atoms with E-state index in [1.807, 2.05) is 29.7 Å². The highest BCUT2D eigenvalue weighted by molar-refractivity contribution is 7.10. The summed E-state index contributed by atoms with van der Waals surface area (Å²) in [5, 5.41) is 5.91. The fourth-order valence-corrected chi connectivity index (χ4v) is 2.51. The van der Waals surface area contributed by atoms with Gasteiger partial charge in [-0.2, -0.15) is 0 Å². The Kier molecular flexibility index (Phi) is 4.70. The molecule has 0 radical (unpaired) electrons. The molecular weight excluding hydrogens is 246 g/mol. The highest BCUT2D eigenvalue weighted by Gasteiger charge is 2.29. The molecule has 1 unspecified atom stereocenters. The Hall–Kier alpha value is -1.42. The lowest BCUT2D eigenvalue weighted by Gasteiger charge is -2.03. The van der Waals surface area contributed by atoms with E-state index in [2.05, 4.69) is 12.1 Å². The van der Waals surface area contributed by atoms with Gasteiger partial charge in [-0.15, -0.1) is 11.3 Å². The summed E-state index contributed by atoms with van der Waals surface area (Å²) in [6.45, 7) is 2.16. The van der Waals surface area contributed by atoms with Crippen LogP contribution in [-0.2, 0) is 9.63 Å². The number of rotatable bonds is 6. The van der Waals surface area contributed by atoms with E-state index in [0.29, 0.717) is 0 Å². The van der Waals surface area contributed by atoms with Gasteiger partial charge in [0.25, 0.3) is 0 Å². The average Bonchev–Trinajstić information content (AvgIpc) is 2.98. The molecule has 1 aromatic heterocycles. The minimum atomic E-state index is -0.288. The molecule has 1 atom stereocenters. The molecule has 4 heteroatoms. The van der Waals surface area contributed by atoms with Crippen LogP contribution in [0, 0.1) is 5.92 Å². The number of nitrogens with zero attached hydrogens (tertiary/aromatic N) is 1. The summed E-state index contributed by atoms with van der Waals surface area (Å²) in [5.74, 6) is -0.543. The second kappa shape index (κ2) is 6.50. The van der Waals surface area contributed by atoms with E-state index in [-0.39, 0.29) is 11.9 Å². The Morgan fingerprint density at radius 3 is 3.11 bits per heavy atom. The minimum absolute atomic E-state index is 0.255. The van der Waals surface area contributed by atoms with Crippen LogP contribution in [0.15, 0.2) is 28.7 Å². The summed E-state index contributed by atoms with van der Waals surface area (Å²) in [6.07, 6.45) is 8.10. The van der Waals surface area contributed by atoms with Crippen LogP contribution in [0.5, 0.6) is 0 Å². The van der Waals surface area contributed by atoms with Crippen LogP contribution in [0.2, 0.25) is 0 Å². The highest BCUT2D eigenvalue weighted by Crippen LogP contribution is 2.20. The second-order valence-corrected chi connectivity index (χ2v) is 5.28. The molecule has 0 amide bonds. The molecule has 1 aliphatic heterocycles. The number of carbonyl (C=O) groups is 1. The van der Waals surface area contributed by atoms with Crippen LogP contribution in [0.4, 0.5) is 0 Å². The third-order valence-electron chi connectivity index (χ3n) is 2.90. The number of thiophene rings is 1. The van der Waals surface area contributed by atoms with E-state index in [4.69, 9.17) is 4.84 Å². The number of oxime groups is 1. The largest absolute Gasteiger partial charge is 0.347 e. The number of hydrogen-bond acceptors (Lipinski definition) is 4. The third kappa shape index (κ3) is 3.29. The summed E-state index contributed by atoms with van der Waals surface area (Å²) in [6, 6.07) is 4.02. The molecule has 1 aromatic rings. The molecule has 96 valence electrons. The minimum Gasteiger partial charge on any atom is -0.317 e. The van der Waals surface area contributed by atoms with Gasteiger partial charge in [-0.3, -0.25) is 0 Å². The van der Waals surface area contributed by atoms with E-state index >= 15 is 0 Å². The maximum atomic E-state index is 11.6. The van der Waals surface area contributed by atoms with Crippen molar-refractivity contribution in [2.75, 3.05) is 0 Å². The number of carbonyl (C=O) groups excluding carboxylic acids is 1. The molecular formula is C14H17NO2S. The summed E-state index contributed by atoms with van der Waals surface area (Å²) in [4.78, 5) is 17.5. The van der Waals surface area contributed by atoms with Gasteiger partial charge in [0.15, 0.2) is 0 Å². The molecule has 0 fully saturated rings. The molecule has 0 N–H and O–H groups in total. The number of unbranched alkanes of at least 4 members (excludes halogenated alkanes) is 2. The van der Waals surface area contributed by atoms with Gasteiger partial charge >= 0.3 is 5.97 Å². The molecule has 0 bridgehead atoms. The van der Waals surface area contributed by atoms with Crippen molar-refractivity contribution in [1.82, 2.24) is 0 Å². The van der Waals surface area contributed by atoms with Crippen molar-refractivity contribution in [2.24, 2.45) is 11.1 Å². The van der Waals surface area contributed by atoms with E-state index in [1.165, 1.54) is 0 Å². The summed E-state index contributed by atoms with van der Waals surface area (Å²) in [7, 11) is 0. The molecule has 0 aliphatic carbocycles. The predicted molar refractivity (Wildman–Crippen MR) is 74.5 cm³/mol. The van der Waals surface area contributed by atoms with Crippen LogP contribution >= 0.6 is 11.3 Å². The molecule has 2 rings (SSSR count). The topological polar surface area (TPSA) is 38.7 Å². The zero-order valence-corrected chi connectivity index (χ0v) is 11.3. The summed E-state index contributed by atoms with van der Waals surface area (Å²) in [5.41, 5.74) is 0.862. The molecule has 2 heterocycles. The lowest BCUT2D eigenvalue weighted by molar-refractivity contribution is -0.142. The fourth-order valence-electron chi connectivity index (χ4n) is 1.88. The molecule has 0 aromatic carbocycles. The summed E-state index contributed by atoms with van der Waals surface area (Å²) < 4.78 is 0. The van der Waals surface area contributed by atoms with Gasteiger partial charge in [-0.05, 0) is 30.4 Å². The lowest BCUT2D eigenvalue weighted by atomic mass is 9.98. The predicted octanol–water partition coefficient (Wildman–Crippen LogP) is 3.87. The third-order valence-corrected chi connectivity index (χ3v) is 3.74. The standard InChI is InChI=1S/C14H17NO2S/c1-2-3-4-7-13-12(14(16)17-15-13)9-8-11-6-5-10-18-11/h5-6,8-10,12H,2-4,7H2,1H3. The molecule has 0 spiro atoms. The SMILES string of the molecule is CCCCCC1=NOC(=O)C1C=Cc1cccs1. The van der Waals surface area contributed by atoms with Crippen molar-refractivity contribution < 1.29 is 9.63 Å². The van der Waals surface area contributed by atoms with Gasteiger partial charge < -0.3 is 4.84 Å². The van der Waals surface area contributed by atoms with Crippen LogP contribution in [0.1, 0.15) is 37.5 Å². The Bertz CT molecular complexity index is 448. The van der Waals surface area contributed by atoms with Gasteiger partial charge in [0.2, 0.25) is 0 Å². The smallest absolute Gasteiger partial charge is 0.317 e. The van der Waals surface area contributed by atoms with Gasteiger partial charge in [0.1, 0.15) is 5.92 Å². The Morgan fingerprint density at radius 1 is 1.50 bits per heavy atom. The lowest BCUT2D eigenvalue weighted by Crippen LogP contribution is -2.15. The van der Waals surface area contributed by atoms with Crippen molar-refractivity contribution in [2.45, 2.75) is 32.6 Å². The summed E-state index contributed by atoms with van der Waals surface area (Å²) >= 11 is 1.65. The van der Waals surface area contributed by atoms with Crippen molar-refractivity contribution in [1.29, 1.82) is 0 Å². The maximum absolute atomic E-state index is 11.6. The van der Waals surface area contributed by atoms with Crippen molar-refractivity contribution in [3.05, 3.63) is 28.5 Å². The zero-order valence-electron chi connectivity index (χ0n) is 10.5.